The highest BCUT2D eigenvalue weighted by Crippen LogP contribution is 2.17. The first-order valence-corrected chi connectivity index (χ1v) is 5.12. The molecule has 0 aromatic heterocycles. The molecule has 0 amide bonds. The van der Waals surface area contributed by atoms with Crippen LogP contribution in [-0.4, -0.2) is 0 Å². The van der Waals surface area contributed by atoms with Gasteiger partial charge in [-0.05, 0) is 30.4 Å². The Morgan fingerprint density at radius 1 is 1.29 bits per heavy atom. The molecule has 1 unspecified atom stereocenters. The van der Waals surface area contributed by atoms with Crippen molar-refractivity contribution in [3.63, 3.8) is 0 Å². The van der Waals surface area contributed by atoms with Crippen LogP contribution in [0.1, 0.15) is 37.8 Å². The SMILES string of the molecule is CC(C)Cc1cccc(C(C)C#N)c1. The molecule has 1 aromatic carbocycles. The molecule has 1 atom stereocenters. The summed E-state index contributed by atoms with van der Waals surface area (Å²) in [5.41, 5.74) is 2.46. The molecule has 1 heteroatoms. The van der Waals surface area contributed by atoms with Crippen LogP contribution in [0.3, 0.4) is 0 Å². The first kappa shape index (κ1) is 10.8. The van der Waals surface area contributed by atoms with Crippen LogP contribution >= 0.6 is 0 Å². The van der Waals surface area contributed by atoms with Crippen molar-refractivity contribution in [1.29, 1.82) is 5.26 Å². The lowest BCUT2D eigenvalue weighted by Gasteiger charge is -2.08. The summed E-state index contributed by atoms with van der Waals surface area (Å²) in [5, 5.41) is 8.81. The lowest BCUT2D eigenvalue weighted by molar-refractivity contribution is 0.646. The molecule has 0 heterocycles. The van der Waals surface area contributed by atoms with Crippen molar-refractivity contribution in [3.05, 3.63) is 35.4 Å². The van der Waals surface area contributed by atoms with Gasteiger partial charge in [0.25, 0.3) is 0 Å². The first-order chi connectivity index (χ1) is 6.63. The zero-order chi connectivity index (χ0) is 10.6. The number of hydrogen-bond donors (Lipinski definition) is 0. The van der Waals surface area contributed by atoms with E-state index in [1.165, 1.54) is 5.56 Å². The normalized spacial score (nSPS) is 12.5. The predicted molar refractivity (Wildman–Crippen MR) is 59.0 cm³/mol. The highest BCUT2D eigenvalue weighted by molar-refractivity contribution is 5.29. The highest BCUT2D eigenvalue weighted by Gasteiger charge is 2.04. The van der Waals surface area contributed by atoms with E-state index in [-0.39, 0.29) is 5.92 Å². The molecular weight excluding hydrogens is 170 g/mol. The second kappa shape index (κ2) is 4.81. The van der Waals surface area contributed by atoms with Gasteiger partial charge in [-0.15, -0.1) is 0 Å². The summed E-state index contributed by atoms with van der Waals surface area (Å²) in [6, 6.07) is 10.6. The summed E-state index contributed by atoms with van der Waals surface area (Å²) in [5.74, 6) is 0.671. The molecule has 0 aliphatic heterocycles. The van der Waals surface area contributed by atoms with Gasteiger partial charge in [0.1, 0.15) is 0 Å². The van der Waals surface area contributed by atoms with Crippen molar-refractivity contribution in [2.24, 2.45) is 5.92 Å². The summed E-state index contributed by atoms with van der Waals surface area (Å²) in [7, 11) is 0. The molecule has 1 rings (SSSR count). The Hall–Kier alpha value is -1.29. The van der Waals surface area contributed by atoms with Crippen LogP contribution in [0.5, 0.6) is 0 Å². The fourth-order valence-corrected chi connectivity index (χ4v) is 1.54. The lowest BCUT2D eigenvalue weighted by atomic mass is 9.96. The van der Waals surface area contributed by atoms with E-state index in [4.69, 9.17) is 5.26 Å². The van der Waals surface area contributed by atoms with E-state index in [0.717, 1.165) is 12.0 Å². The van der Waals surface area contributed by atoms with E-state index in [9.17, 15) is 0 Å². The summed E-state index contributed by atoms with van der Waals surface area (Å²) in [4.78, 5) is 0. The summed E-state index contributed by atoms with van der Waals surface area (Å²) in [6.07, 6.45) is 1.09. The maximum absolute atomic E-state index is 8.81. The maximum atomic E-state index is 8.81. The summed E-state index contributed by atoms with van der Waals surface area (Å²) < 4.78 is 0. The molecule has 0 aliphatic rings. The third kappa shape index (κ3) is 2.88. The smallest absolute Gasteiger partial charge is 0.0700 e. The Morgan fingerprint density at radius 2 is 2.00 bits per heavy atom. The fraction of sp³-hybridized carbons (Fsp3) is 0.462. The largest absolute Gasteiger partial charge is 0.198 e. The molecule has 0 fully saturated rings. The third-order valence-electron chi connectivity index (χ3n) is 2.29. The van der Waals surface area contributed by atoms with Gasteiger partial charge in [-0.2, -0.15) is 5.26 Å². The molecule has 1 aromatic rings. The molecule has 0 aliphatic carbocycles. The van der Waals surface area contributed by atoms with Gasteiger partial charge in [-0.3, -0.25) is 0 Å². The first-order valence-electron chi connectivity index (χ1n) is 5.12. The van der Waals surface area contributed by atoms with Crippen LogP contribution in [0.15, 0.2) is 24.3 Å². The highest BCUT2D eigenvalue weighted by atomic mass is 14.3. The minimum atomic E-state index is 0.00196. The van der Waals surface area contributed by atoms with Crippen LogP contribution < -0.4 is 0 Å². The van der Waals surface area contributed by atoms with Gasteiger partial charge in [0, 0.05) is 0 Å². The van der Waals surface area contributed by atoms with Gasteiger partial charge in [-0.25, -0.2) is 0 Å². The number of rotatable bonds is 3. The third-order valence-corrected chi connectivity index (χ3v) is 2.29. The molecule has 0 saturated carbocycles. The molecular formula is C13H17N. The number of nitrogens with zero attached hydrogens (tertiary/aromatic N) is 1. The Bertz CT molecular complexity index is 333. The Labute approximate surface area is 86.4 Å². The predicted octanol–water partition coefficient (Wildman–Crippen LogP) is 3.51. The fourth-order valence-electron chi connectivity index (χ4n) is 1.54. The summed E-state index contributed by atoms with van der Waals surface area (Å²) in [6.45, 7) is 6.36. The topological polar surface area (TPSA) is 23.8 Å². The van der Waals surface area contributed by atoms with E-state index in [1.807, 2.05) is 19.1 Å². The van der Waals surface area contributed by atoms with Crippen LogP contribution in [-0.2, 0) is 6.42 Å². The maximum Gasteiger partial charge on any atom is 0.0700 e. The van der Waals surface area contributed by atoms with E-state index in [2.05, 4.69) is 32.0 Å². The van der Waals surface area contributed by atoms with Crippen molar-refractivity contribution in [2.75, 3.05) is 0 Å². The van der Waals surface area contributed by atoms with Gasteiger partial charge in [0.05, 0.1) is 12.0 Å². The van der Waals surface area contributed by atoms with Crippen molar-refractivity contribution in [2.45, 2.75) is 33.1 Å². The van der Waals surface area contributed by atoms with E-state index < -0.39 is 0 Å². The van der Waals surface area contributed by atoms with Crippen molar-refractivity contribution in [3.8, 4) is 6.07 Å². The summed E-state index contributed by atoms with van der Waals surface area (Å²) >= 11 is 0. The van der Waals surface area contributed by atoms with E-state index >= 15 is 0 Å². The van der Waals surface area contributed by atoms with Crippen LogP contribution in [0.25, 0.3) is 0 Å². The number of benzene rings is 1. The average molecular weight is 187 g/mol. The van der Waals surface area contributed by atoms with Gasteiger partial charge < -0.3 is 0 Å². The molecule has 0 bridgehead atoms. The Kier molecular flexibility index (Phi) is 3.71. The van der Waals surface area contributed by atoms with Crippen molar-refractivity contribution < 1.29 is 0 Å². The minimum Gasteiger partial charge on any atom is -0.198 e. The monoisotopic (exact) mass is 187 g/mol. The molecule has 0 N–H and O–H groups in total. The van der Waals surface area contributed by atoms with E-state index in [1.54, 1.807) is 0 Å². The van der Waals surface area contributed by atoms with Crippen LogP contribution in [0, 0.1) is 17.2 Å². The molecule has 1 nitrogen and oxygen atoms in total. The quantitative estimate of drug-likeness (QED) is 0.710. The Morgan fingerprint density at radius 3 is 2.57 bits per heavy atom. The van der Waals surface area contributed by atoms with Crippen molar-refractivity contribution >= 4 is 0 Å². The Balaban J connectivity index is 2.85. The van der Waals surface area contributed by atoms with Crippen LogP contribution in [0.2, 0.25) is 0 Å². The van der Waals surface area contributed by atoms with Gasteiger partial charge in [0.15, 0.2) is 0 Å². The standard InChI is InChI=1S/C13H17N/c1-10(2)7-12-5-4-6-13(8-12)11(3)9-14/h4-6,8,10-11H,7H2,1-3H3. The van der Waals surface area contributed by atoms with Gasteiger partial charge in [0.2, 0.25) is 0 Å². The minimum absolute atomic E-state index is 0.00196. The van der Waals surface area contributed by atoms with Gasteiger partial charge in [-0.1, -0.05) is 38.1 Å². The second-order valence-corrected chi connectivity index (χ2v) is 4.19. The van der Waals surface area contributed by atoms with E-state index in [0.29, 0.717) is 5.92 Å². The average Bonchev–Trinajstić information content (AvgIpc) is 2.16. The molecule has 74 valence electrons. The molecule has 0 saturated heterocycles. The van der Waals surface area contributed by atoms with Gasteiger partial charge >= 0.3 is 0 Å². The van der Waals surface area contributed by atoms with Crippen LogP contribution in [0.4, 0.5) is 0 Å². The zero-order valence-corrected chi connectivity index (χ0v) is 9.12. The number of hydrogen-bond acceptors (Lipinski definition) is 1. The zero-order valence-electron chi connectivity index (χ0n) is 9.12. The molecule has 14 heavy (non-hydrogen) atoms. The molecule has 0 radical (unpaired) electrons. The molecule has 0 spiro atoms. The van der Waals surface area contributed by atoms with Crippen molar-refractivity contribution in [1.82, 2.24) is 0 Å². The number of nitriles is 1. The lowest BCUT2D eigenvalue weighted by Crippen LogP contribution is -1.96. The second-order valence-electron chi connectivity index (χ2n) is 4.19.